The van der Waals surface area contributed by atoms with Gasteiger partial charge in [0.1, 0.15) is 6.61 Å². The van der Waals surface area contributed by atoms with Gasteiger partial charge < -0.3 is 15.0 Å². The van der Waals surface area contributed by atoms with Crippen LogP contribution in [-0.2, 0) is 22.5 Å². The second-order valence-corrected chi connectivity index (χ2v) is 6.58. The molecular weight excluding hydrogens is 356 g/mol. The Labute approximate surface area is 162 Å². The van der Waals surface area contributed by atoms with Gasteiger partial charge in [-0.1, -0.05) is 24.3 Å². The van der Waals surface area contributed by atoms with Gasteiger partial charge in [0.05, 0.1) is 18.7 Å². The van der Waals surface area contributed by atoms with E-state index in [9.17, 15) is 9.59 Å². The number of aromatic nitrogens is 2. The third kappa shape index (κ3) is 4.20. The molecule has 0 radical (unpaired) electrons. The minimum Gasteiger partial charge on any atom is -0.448 e. The maximum absolute atomic E-state index is 12.4. The number of hydrogen-bond acceptors (Lipinski definition) is 4. The van der Waals surface area contributed by atoms with Gasteiger partial charge in [-0.3, -0.25) is 4.79 Å². The molecular formula is C21H20N4O3. The van der Waals surface area contributed by atoms with Crippen LogP contribution < -0.4 is 5.32 Å². The van der Waals surface area contributed by atoms with E-state index in [-0.39, 0.29) is 18.4 Å². The molecule has 2 aromatic carbocycles. The third-order valence-corrected chi connectivity index (χ3v) is 4.50. The Kier molecular flexibility index (Phi) is 5.05. The molecule has 3 aromatic rings. The summed E-state index contributed by atoms with van der Waals surface area (Å²) >= 11 is 0. The lowest BCUT2D eigenvalue weighted by atomic mass is 10.1. The summed E-state index contributed by atoms with van der Waals surface area (Å²) in [7, 11) is 0. The lowest BCUT2D eigenvalue weighted by Gasteiger charge is -2.13. The summed E-state index contributed by atoms with van der Waals surface area (Å²) in [4.78, 5) is 25.6. The molecule has 1 aromatic heterocycles. The SMILES string of the molecule is O=C(Cc1ccc(-n2cccn2)cc1)Nc1cccc(CN2CCOC2=O)c1. The fourth-order valence-corrected chi connectivity index (χ4v) is 3.12. The predicted octanol–water partition coefficient (Wildman–Crippen LogP) is 3.01. The largest absolute Gasteiger partial charge is 0.448 e. The summed E-state index contributed by atoms with van der Waals surface area (Å²) in [5, 5.41) is 7.11. The van der Waals surface area contributed by atoms with Crippen molar-refractivity contribution in [1.29, 1.82) is 0 Å². The van der Waals surface area contributed by atoms with Crippen LogP contribution in [0.5, 0.6) is 0 Å². The molecule has 0 aliphatic carbocycles. The Morgan fingerprint density at radius 2 is 1.96 bits per heavy atom. The van der Waals surface area contributed by atoms with Crippen molar-refractivity contribution in [2.75, 3.05) is 18.5 Å². The first kappa shape index (κ1) is 17.8. The van der Waals surface area contributed by atoms with Crippen LogP contribution in [0.4, 0.5) is 10.5 Å². The molecule has 4 rings (SSSR count). The normalized spacial score (nSPS) is 13.4. The standard InChI is InChI=1S/C21H20N4O3/c26-20(14-16-5-7-19(8-6-16)25-10-2-9-22-25)23-18-4-1-3-17(13-18)15-24-11-12-28-21(24)27/h1-10,13H,11-12,14-15H2,(H,23,26). The Hall–Kier alpha value is -3.61. The van der Waals surface area contributed by atoms with Crippen LogP contribution in [0.3, 0.4) is 0 Å². The molecule has 142 valence electrons. The van der Waals surface area contributed by atoms with Gasteiger partial charge in [0.15, 0.2) is 0 Å². The third-order valence-electron chi connectivity index (χ3n) is 4.50. The maximum Gasteiger partial charge on any atom is 0.410 e. The van der Waals surface area contributed by atoms with E-state index in [2.05, 4.69) is 10.4 Å². The summed E-state index contributed by atoms with van der Waals surface area (Å²) in [5.74, 6) is -0.0930. The molecule has 2 amide bonds. The maximum atomic E-state index is 12.4. The molecule has 0 bridgehead atoms. The Morgan fingerprint density at radius 1 is 1.11 bits per heavy atom. The lowest BCUT2D eigenvalue weighted by Crippen LogP contribution is -2.23. The van der Waals surface area contributed by atoms with E-state index in [4.69, 9.17) is 4.74 Å². The van der Waals surface area contributed by atoms with Crippen molar-refractivity contribution in [2.45, 2.75) is 13.0 Å². The number of ether oxygens (including phenoxy) is 1. The van der Waals surface area contributed by atoms with Crippen LogP contribution in [-0.4, -0.2) is 39.8 Å². The Morgan fingerprint density at radius 3 is 2.68 bits per heavy atom. The second-order valence-electron chi connectivity index (χ2n) is 6.58. The van der Waals surface area contributed by atoms with Crippen LogP contribution in [0.1, 0.15) is 11.1 Å². The molecule has 7 nitrogen and oxygen atoms in total. The van der Waals surface area contributed by atoms with E-state index in [1.807, 2.05) is 60.8 Å². The molecule has 1 saturated heterocycles. The number of nitrogens with zero attached hydrogens (tertiary/aromatic N) is 3. The van der Waals surface area contributed by atoms with Crippen LogP contribution in [0.2, 0.25) is 0 Å². The van der Waals surface area contributed by atoms with Gasteiger partial charge in [-0.05, 0) is 41.5 Å². The van der Waals surface area contributed by atoms with E-state index in [1.54, 1.807) is 15.8 Å². The van der Waals surface area contributed by atoms with Gasteiger partial charge in [0, 0.05) is 24.6 Å². The number of carbonyl (C=O) groups excluding carboxylic acids is 2. The number of benzene rings is 2. The van der Waals surface area contributed by atoms with Crippen molar-refractivity contribution in [3.63, 3.8) is 0 Å². The Bertz CT molecular complexity index is 968. The zero-order valence-electron chi connectivity index (χ0n) is 15.2. The molecule has 0 saturated carbocycles. The van der Waals surface area contributed by atoms with Gasteiger partial charge in [-0.2, -0.15) is 5.10 Å². The highest BCUT2D eigenvalue weighted by molar-refractivity contribution is 5.92. The molecule has 1 aliphatic rings. The molecule has 0 atom stereocenters. The first-order valence-corrected chi connectivity index (χ1v) is 9.07. The van der Waals surface area contributed by atoms with E-state index in [0.717, 1.165) is 16.8 Å². The minimum absolute atomic E-state index is 0.0930. The first-order valence-electron chi connectivity index (χ1n) is 9.07. The first-order chi connectivity index (χ1) is 13.7. The average molecular weight is 376 g/mol. The highest BCUT2D eigenvalue weighted by atomic mass is 16.6. The molecule has 0 unspecified atom stereocenters. The molecule has 2 heterocycles. The van der Waals surface area contributed by atoms with Crippen molar-refractivity contribution in [2.24, 2.45) is 0 Å². The van der Waals surface area contributed by atoms with Crippen molar-refractivity contribution in [1.82, 2.24) is 14.7 Å². The van der Waals surface area contributed by atoms with E-state index in [0.29, 0.717) is 25.4 Å². The number of rotatable bonds is 6. The van der Waals surface area contributed by atoms with Crippen LogP contribution in [0.25, 0.3) is 5.69 Å². The van der Waals surface area contributed by atoms with Crippen LogP contribution in [0, 0.1) is 0 Å². The number of amides is 2. The van der Waals surface area contributed by atoms with Gasteiger partial charge >= 0.3 is 6.09 Å². The zero-order valence-corrected chi connectivity index (χ0v) is 15.2. The average Bonchev–Trinajstić information content (AvgIpc) is 3.35. The minimum atomic E-state index is -0.298. The number of carbonyl (C=O) groups is 2. The van der Waals surface area contributed by atoms with Gasteiger partial charge in [0.25, 0.3) is 0 Å². The quantitative estimate of drug-likeness (QED) is 0.718. The lowest BCUT2D eigenvalue weighted by molar-refractivity contribution is -0.115. The van der Waals surface area contributed by atoms with Crippen LogP contribution >= 0.6 is 0 Å². The topological polar surface area (TPSA) is 76.5 Å². The summed E-state index contributed by atoms with van der Waals surface area (Å²) < 4.78 is 6.71. The van der Waals surface area contributed by atoms with Gasteiger partial charge in [0.2, 0.25) is 5.91 Å². The van der Waals surface area contributed by atoms with Crippen molar-refractivity contribution in [3.05, 3.63) is 78.1 Å². The van der Waals surface area contributed by atoms with E-state index < -0.39 is 0 Å². The number of hydrogen-bond donors (Lipinski definition) is 1. The fraction of sp³-hybridized carbons (Fsp3) is 0.190. The summed E-state index contributed by atoms with van der Waals surface area (Å²) in [6, 6.07) is 17.1. The molecule has 28 heavy (non-hydrogen) atoms. The highest BCUT2D eigenvalue weighted by Crippen LogP contribution is 2.16. The van der Waals surface area contributed by atoms with Crippen LogP contribution in [0.15, 0.2) is 67.0 Å². The molecule has 1 fully saturated rings. The smallest absolute Gasteiger partial charge is 0.410 e. The number of cyclic esters (lactones) is 1. The summed E-state index contributed by atoms with van der Waals surface area (Å²) in [5.41, 5.74) is 3.52. The van der Waals surface area contributed by atoms with Crippen molar-refractivity contribution in [3.8, 4) is 5.69 Å². The number of anilines is 1. The summed E-state index contributed by atoms with van der Waals surface area (Å²) in [6.07, 6.45) is 3.58. The van der Waals surface area contributed by atoms with Gasteiger partial charge in [-0.25, -0.2) is 9.48 Å². The molecule has 0 spiro atoms. The van der Waals surface area contributed by atoms with E-state index >= 15 is 0 Å². The number of nitrogens with one attached hydrogen (secondary N) is 1. The van der Waals surface area contributed by atoms with E-state index in [1.165, 1.54) is 0 Å². The second kappa shape index (κ2) is 7.96. The predicted molar refractivity (Wildman–Crippen MR) is 104 cm³/mol. The van der Waals surface area contributed by atoms with Crippen molar-refractivity contribution >= 4 is 17.7 Å². The molecule has 1 N–H and O–H groups in total. The highest BCUT2D eigenvalue weighted by Gasteiger charge is 2.21. The van der Waals surface area contributed by atoms with Crippen molar-refractivity contribution < 1.29 is 14.3 Å². The molecule has 1 aliphatic heterocycles. The summed E-state index contributed by atoms with van der Waals surface area (Å²) in [6.45, 7) is 1.48. The van der Waals surface area contributed by atoms with Gasteiger partial charge in [-0.15, -0.1) is 0 Å². The zero-order chi connectivity index (χ0) is 19.3. The monoisotopic (exact) mass is 376 g/mol. The molecule has 7 heteroatoms. The Balaban J connectivity index is 1.36. The fourth-order valence-electron chi connectivity index (χ4n) is 3.12.